The second kappa shape index (κ2) is 2.83. The van der Waals surface area contributed by atoms with Crippen molar-refractivity contribution in [1.29, 1.82) is 0 Å². The van der Waals surface area contributed by atoms with Crippen LogP contribution in [0.2, 0.25) is 0 Å². The van der Waals surface area contributed by atoms with Crippen LogP contribution in [0.1, 0.15) is 0 Å². The first-order valence-electron chi connectivity index (χ1n) is 4.39. The molecule has 1 aliphatic carbocycles. The molecular formula is C8H11F4N. The van der Waals surface area contributed by atoms with Gasteiger partial charge in [-0.05, 0) is 11.8 Å². The minimum absolute atomic E-state index is 0.244. The van der Waals surface area contributed by atoms with Gasteiger partial charge in [0.1, 0.15) is 6.67 Å². The Bertz CT molecular complexity index is 191. The summed E-state index contributed by atoms with van der Waals surface area (Å²) in [5.41, 5.74) is 0. The van der Waals surface area contributed by atoms with Crippen LogP contribution in [0.3, 0.4) is 0 Å². The fourth-order valence-electron chi connectivity index (χ4n) is 2.40. The zero-order valence-electron chi connectivity index (χ0n) is 7.02. The Kier molecular flexibility index (Phi) is 2.02. The van der Waals surface area contributed by atoms with Crippen LogP contribution in [-0.4, -0.2) is 37.4 Å². The van der Waals surface area contributed by atoms with Gasteiger partial charge in [0.2, 0.25) is 0 Å². The molecule has 0 spiro atoms. The maximum absolute atomic E-state index is 12.2. The van der Waals surface area contributed by atoms with Gasteiger partial charge in [-0.15, -0.1) is 0 Å². The van der Waals surface area contributed by atoms with Crippen molar-refractivity contribution in [2.75, 3.05) is 26.3 Å². The van der Waals surface area contributed by atoms with E-state index in [1.54, 1.807) is 4.90 Å². The summed E-state index contributed by atoms with van der Waals surface area (Å²) in [6.07, 6.45) is -4.03. The smallest absolute Gasteiger partial charge is 0.300 e. The van der Waals surface area contributed by atoms with Crippen LogP contribution < -0.4 is 0 Å². The molecule has 0 aromatic rings. The van der Waals surface area contributed by atoms with Gasteiger partial charge in [0, 0.05) is 19.6 Å². The molecule has 1 nitrogen and oxygen atoms in total. The molecule has 1 aliphatic heterocycles. The van der Waals surface area contributed by atoms with Gasteiger partial charge in [0.05, 0.1) is 5.92 Å². The third-order valence-corrected chi connectivity index (χ3v) is 3.05. The van der Waals surface area contributed by atoms with Crippen molar-refractivity contribution in [3.05, 3.63) is 0 Å². The molecule has 1 saturated heterocycles. The van der Waals surface area contributed by atoms with Gasteiger partial charge in [0.25, 0.3) is 0 Å². The Balaban J connectivity index is 1.84. The molecule has 2 aliphatic rings. The molecule has 0 aromatic carbocycles. The van der Waals surface area contributed by atoms with E-state index in [9.17, 15) is 17.6 Å². The molecule has 0 N–H and O–H groups in total. The fraction of sp³-hybridized carbons (Fsp3) is 1.00. The lowest BCUT2D eigenvalue weighted by Gasteiger charge is -2.18. The van der Waals surface area contributed by atoms with E-state index in [-0.39, 0.29) is 18.4 Å². The number of halogens is 4. The lowest BCUT2D eigenvalue weighted by atomic mass is 10.2. The molecule has 1 unspecified atom stereocenters. The van der Waals surface area contributed by atoms with Gasteiger partial charge in [0.15, 0.2) is 0 Å². The SMILES string of the molecule is FCCN1C[C@@H]2C(C(F)(F)F)[C@@H]2C1. The molecule has 3 atom stereocenters. The zero-order chi connectivity index (χ0) is 9.64. The second-order valence-electron chi connectivity index (χ2n) is 3.84. The highest BCUT2D eigenvalue weighted by Crippen LogP contribution is 2.59. The first-order chi connectivity index (χ1) is 6.04. The average molecular weight is 197 g/mol. The van der Waals surface area contributed by atoms with E-state index in [1.165, 1.54) is 0 Å². The van der Waals surface area contributed by atoms with Crippen molar-refractivity contribution in [3.8, 4) is 0 Å². The van der Waals surface area contributed by atoms with E-state index in [4.69, 9.17) is 0 Å². The van der Waals surface area contributed by atoms with Crippen molar-refractivity contribution >= 4 is 0 Å². The van der Waals surface area contributed by atoms with E-state index in [2.05, 4.69) is 0 Å². The molecule has 0 amide bonds. The first-order valence-corrected chi connectivity index (χ1v) is 4.39. The molecule has 1 heterocycles. The monoisotopic (exact) mass is 197 g/mol. The third-order valence-electron chi connectivity index (χ3n) is 3.05. The molecule has 1 saturated carbocycles. The minimum atomic E-state index is -4.03. The normalized spacial score (nSPS) is 39.2. The Morgan fingerprint density at radius 2 is 1.69 bits per heavy atom. The van der Waals surface area contributed by atoms with Crippen LogP contribution in [0.4, 0.5) is 17.6 Å². The molecule has 0 aromatic heterocycles. The lowest BCUT2D eigenvalue weighted by molar-refractivity contribution is -0.157. The summed E-state index contributed by atoms with van der Waals surface area (Å²) in [6.45, 7) is 0.686. The van der Waals surface area contributed by atoms with Crippen molar-refractivity contribution < 1.29 is 17.6 Å². The first kappa shape index (κ1) is 9.24. The van der Waals surface area contributed by atoms with Crippen molar-refractivity contribution in [1.82, 2.24) is 4.90 Å². The van der Waals surface area contributed by atoms with Gasteiger partial charge in [-0.3, -0.25) is 0 Å². The Morgan fingerprint density at radius 3 is 2.08 bits per heavy atom. The molecular weight excluding hydrogens is 186 g/mol. The van der Waals surface area contributed by atoms with Crippen LogP contribution in [-0.2, 0) is 0 Å². The number of hydrogen-bond acceptors (Lipinski definition) is 1. The highest BCUT2D eigenvalue weighted by atomic mass is 19.4. The van der Waals surface area contributed by atoms with Crippen molar-refractivity contribution in [2.45, 2.75) is 6.18 Å². The predicted octanol–water partition coefficient (Wildman–Crippen LogP) is 1.70. The summed E-state index contributed by atoms with van der Waals surface area (Å²) in [7, 11) is 0. The molecule has 5 heteroatoms. The van der Waals surface area contributed by atoms with Crippen LogP contribution in [0, 0.1) is 17.8 Å². The second-order valence-corrected chi connectivity index (χ2v) is 3.84. The summed E-state index contributed by atoms with van der Waals surface area (Å²) < 4.78 is 48.4. The molecule has 2 rings (SSSR count). The summed E-state index contributed by atoms with van der Waals surface area (Å²) in [4.78, 5) is 1.78. The van der Waals surface area contributed by atoms with E-state index < -0.39 is 18.8 Å². The quantitative estimate of drug-likeness (QED) is 0.609. The maximum Gasteiger partial charge on any atom is 0.392 e. The Labute approximate surface area is 73.7 Å². The van der Waals surface area contributed by atoms with E-state index in [0.717, 1.165) is 0 Å². The topological polar surface area (TPSA) is 3.24 Å². The van der Waals surface area contributed by atoms with Crippen LogP contribution in [0.15, 0.2) is 0 Å². The third kappa shape index (κ3) is 1.54. The molecule has 76 valence electrons. The van der Waals surface area contributed by atoms with Crippen LogP contribution >= 0.6 is 0 Å². The number of piperidine rings is 1. The molecule has 0 radical (unpaired) electrons. The molecule has 13 heavy (non-hydrogen) atoms. The largest absolute Gasteiger partial charge is 0.392 e. The van der Waals surface area contributed by atoms with Gasteiger partial charge >= 0.3 is 6.18 Å². The number of rotatable bonds is 2. The Morgan fingerprint density at radius 1 is 1.15 bits per heavy atom. The number of alkyl halides is 4. The van der Waals surface area contributed by atoms with E-state index in [0.29, 0.717) is 13.1 Å². The summed E-state index contributed by atoms with van der Waals surface area (Å²) in [5, 5.41) is 0. The number of likely N-dealkylation sites (tertiary alicyclic amines) is 1. The van der Waals surface area contributed by atoms with Gasteiger partial charge in [-0.1, -0.05) is 0 Å². The van der Waals surface area contributed by atoms with Gasteiger partial charge in [-0.25, -0.2) is 4.39 Å². The van der Waals surface area contributed by atoms with Crippen LogP contribution in [0.5, 0.6) is 0 Å². The number of fused-ring (bicyclic) bond motifs is 1. The summed E-state index contributed by atoms with van der Waals surface area (Å²) in [5.74, 6) is -1.58. The predicted molar refractivity (Wildman–Crippen MR) is 38.9 cm³/mol. The van der Waals surface area contributed by atoms with E-state index in [1.807, 2.05) is 0 Å². The van der Waals surface area contributed by atoms with Gasteiger partial charge in [-0.2, -0.15) is 13.2 Å². The highest BCUT2D eigenvalue weighted by Gasteiger charge is 2.66. The maximum atomic E-state index is 12.2. The Hall–Kier alpha value is -0.320. The fourth-order valence-corrected chi connectivity index (χ4v) is 2.40. The van der Waals surface area contributed by atoms with Gasteiger partial charge < -0.3 is 4.90 Å². The molecule has 2 fully saturated rings. The number of nitrogens with zero attached hydrogens (tertiary/aromatic N) is 1. The number of hydrogen-bond donors (Lipinski definition) is 0. The average Bonchev–Trinajstić information content (AvgIpc) is 2.51. The minimum Gasteiger partial charge on any atom is -0.300 e. The molecule has 0 bridgehead atoms. The highest BCUT2D eigenvalue weighted by molar-refractivity contribution is 5.07. The van der Waals surface area contributed by atoms with Crippen LogP contribution in [0.25, 0.3) is 0 Å². The van der Waals surface area contributed by atoms with Crippen molar-refractivity contribution in [3.63, 3.8) is 0 Å². The van der Waals surface area contributed by atoms with E-state index >= 15 is 0 Å². The lowest BCUT2D eigenvalue weighted by Crippen LogP contribution is -2.30. The summed E-state index contributed by atoms with van der Waals surface area (Å²) in [6, 6.07) is 0. The van der Waals surface area contributed by atoms with Crippen molar-refractivity contribution in [2.24, 2.45) is 17.8 Å². The zero-order valence-corrected chi connectivity index (χ0v) is 7.02. The standard InChI is InChI=1S/C8H11F4N/c9-1-2-13-3-5-6(4-13)7(5)8(10,11)12/h5-7H,1-4H2/t5-,6+,7?. The summed E-state index contributed by atoms with van der Waals surface area (Å²) >= 11 is 0.